The average molecular weight is 447 g/mol. The van der Waals surface area contributed by atoms with Gasteiger partial charge >= 0.3 is 11.9 Å². The van der Waals surface area contributed by atoms with Gasteiger partial charge < -0.3 is 9.47 Å². The van der Waals surface area contributed by atoms with Crippen molar-refractivity contribution < 1.29 is 27.5 Å². The number of esters is 2. The second-order valence-corrected chi connectivity index (χ2v) is 8.84. The Morgan fingerprint density at radius 2 is 1.67 bits per heavy atom. The first kappa shape index (κ1) is 21.5. The maximum absolute atomic E-state index is 13.0. The zero-order chi connectivity index (χ0) is 21.9. The second-order valence-electron chi connectivity index (χ2n) is 6.13. The molecule has 30 heavy (non-hydrogen) atoms. The number of hydrogen-bond donors (Lipinski definition) is 1. The van der Waals surface area contributed by atoms with Crippen LogP contribution in [-0.4, -0.2) is 39.6 Å². The molecule has 0 aliphatic carbocycles. The van der Waals surface area contributed by atoms with E-state index in [1.165, 1.54) is 30.6 Å². The summed E-state index contributed by atoms with van der Waals surface area (Å²) in [4.78, 5) is 27.9. The number of carbonyl (C=O) groups is 2. The molecule has 0 fully saturated rings. The highest BCUT2D eigenvalue weighted by atomic mass is 32.2. The standard InChI is InChI=1S/C20H18N2O6S2/c1-12-21-17(11-29-12)13-4-7-15(8-5-13)22-30(25,26)18-10-14(19(23)27-2)6-9-16(18)20(24)28-3/h4-11,22H,1-3H3. The molecule has 8 nitrogen and oxygen atoms in total. The van der Waals surface area contributed by atoms with Crippen LogP contribution in [0.15, 0.2) is 52.7 Å². The van der Waals surface area contributed by atoms with Crippen molar-refractivity contribution >= 4 is 39.0 Å². The zero-order valence-corrected chi connectivity index (χ0v) is 18.0. The summed E-state index contributed by atoms with van der Waals surface area (Å²) >= 11 is 1.52. The summed E-state index contributed by atoms with van der Waals surface area (Å²) in [6.45, 7) is 1.90. The van der Waals surface area contributed by atoms with Gasteiger partial charge in [0.2, 0.25) is 0 Å². The molecule has 0 saturated heterocycles. The van der Waals surface area contributed by atoms with Crippen molar-refractivity contribution in [3.63, 3.8) is 0 Å². The van der Waals surface area contributed by atoms with Crippen LogP contribution in [0.3, 0.4) is 0 Å². The van der Waals surface area contributed by atoms with Crippen molar-refractivity contribution in [1.82, 2.24) is 4.98 Å². The van der Waals surface area contributed by atoms with Gasteiger partial charge in [-0.1, -0.05) is 12.1 Å². The minimum absolute atomic E-state index is 0.0141. The maximum atomic E-state index is 13.0. The van der Waals surface area contributed by atoms with Crippen molar-refractivity contribution in [3.05, 3.63) is 64.0 Å². The molecule has 3 aromatic rings. The van der Waals surface area contributed by atoms with E-state index >= 15 is 0 Å². The first-order chi connectivity index (χ1) is 14.2. The van der Waals surface area contributed by atoms with Crippen molar-refractivity contribution in [2.45, 2.75) is 11.8 Å². The number of nitrogens with zero attached hydrogens (tertiary/aromatic N) is 1. The molecular weight excluding hydrogens is 428 g/mol. The monoisotopic (exact) mass is 446 g/mol. The Morgan fingerprint density at radius 1 is 1.00 bits per heavy atom. The van der Waals surface area contributed by atoms with Crippen LogP contribution in [0.25, 0.3) is 11.3 Å². The Hall–Kier alpha value is -3.24. The summed E-state index contributed by atoms with van der Waals surface area (Å²) in [5.74, 6) is -1.58. The van der Waals surface area contributed by atoms with E-state index < -0.39 is 26.9 Å². The van der Waals surface area contributed by atoms with Crippen molar-refractivity contribution in [3.8, 4) is 11.3 Å². The normalized spacial score (nSPS) is 11.0. The smallest absolute Gasteiger partial charge is 0.339 e. The van der Waals surface area contributed by atoms with E-state index in [0.29, 0.717) is 0 Å². The summed E-state index contributed by atoms with van der Waals surface area (Å²) in [5.41, 5.74) is 1.70. The van der Waals surface area contributed by atoms with Gasteiger partial charge in [-0.25, -0.2) is 23.0 Å². The van der Waals surface area contributed by atoms with Crippen molar-refractivity contribution in [1.29, 1.82) is 0 Å². The first-order valence-corrected chi connectivity index (χ1v) is 11.0. The number of thiazole rings is 1. The second kappa shape index (κ2) is 8.64. The van der Waals surface area contributed by atoms with Crippen LogP contribution in [0.2, 0.25) is 0 Å². The van der Waals surface area contributed by atoms with Crippen LogP contribution in [0.5, 0.6) is 0 Å². The van der Waals surface area contributed by atoms with Crippen LogP contribution in [0.4, 0.5) is 5.69 Å². The highest BCUT2D eigenvalue weighted by Crippen LogP contribution is 2.26. The molecule has 0 amide bonds. The molecule has 3 rings (SSSR count). The molecule has 0 unspecified atom stereocenters. The quantitative estimate of drug-likeness (QED) is 0.577. The molecule has 2 aromatic carbocycles. The minimum Gasteiger partial charge on any atom is -0.465 e. The van der Waals surface area contributed by atoms with Crippen LogP contribution in [0, 0.1) is 6.92 Å². The molecule has 1 aromatic heterocycles. The summed E-state index contributed by atoms with van der Waals surface area (Å²) in [7, 11) is -1.90. The number of hydrogen-bond acceptors (Lipinski definition) is 8. The predicted molar refractivity (Wildman–Crippen MR) is 112 cm³/mol. The van der Waals surface area contributed by atoms with Gasteiger partial charge in [-0.05, 0) is 37.3 Å². The van der Waals surface area contributed by atoms with E-state index in [2.05, 4.69) is 19.2 Å². The first-order valence-electron chi connectivity index (χ1n) is 8.61. The van der Waals surface area contributed by atoms with Gasteiger partial charge in [0, 0.05) is 16.6 Å². The molecular formula is C20H18N2O6S2. The Morgan fingerprint density at radius 3 is 2.23 bits per heavy atom. The molecule has 0 radical (unpaired) electrons. The lowest BCUT2D eigenvalue weighted by Crippen LogP contribution is -2.18. The Kier molecular flexibility index (Phi) is 6.18. The van der Waals surface area contributed by atoms with E-state index in [1.807, 2.05) is 12.3 Å². The topological polar surface area (TPSA) is 112 Å². The van der Waals surface area contributed by atoms with Crippen LogP contribution >= 0.6 is 11.3 Å². The number of nitrogens with one attached hydrogen (secondary N) is 1. The number of sulfonamides is 1. The summed E-state index contributed by atoms with van der Waals surface area (Å²) < 4.78 is 37.7. The molecule has 0 atom stereocenters. The summed E-state index contributed by atoms with van der Waals surface area (Å²) in [6.07, 6.45) is 0. The van der Waals surface area contributed by atoms with Crippen molar-refractivity contribution in [2.75, 3.05) is 18.9 Å². The average Bonchev–Trinajstić information content (AvgIpc) is 3.18. The predicted octanol–water partition coefficient (Wildman–Crippen LogP) is 3.49. The molecule has 1 N–H and O–H groups in total. The molecule has 0 saturated carbocycles. The van der Waals surface area contributed by atoms with Crippen LogP contribution in [-0.2, 0) is 19.5 Å². The third-order valence-corrected chi connectivity index (χ3v) is 6.34. The number of rotatable bonds is 6. The highest BCUT2D eigenvalue weighted by molar-refractivity contribution is 7.92. The molecule has 156 valence electrons. The van der Waals surface area contributed by atoms with Gasteiger partial charge in [-0.2, -0.15) is 0 Å². The van der Waals surface area contributed by atoms with Crippen LogP contribution < -0.4 is 4.72 Å². The third kappa shape index (κ3) is 4.50. The van der Waals surface area contributed by atoms with E-state index in [9.17, 15) is 18.0 Å². The zero-order valence-electron chi connectivity index (χ0n) is 16.3. The SMILES string of the molecule is COC(=O)c1ccc(C(=O)OC)c(S(=O)(=O)Nc2ccc(-c3csc(C)n3)cc2)c1. The van der Waals surface area contributed by atoms with Gasteiger partial charge in [0.15, 0.2) is 0 Å². The molecule has 10 heteroatoms. The fourth-order valence-electron chi connectivity index (χ4n) is 2.68. The number of anilines is 1. The van der Waals surface area contributed by atoms with E-state index in [1.54, 1.807) is 24.3 Å². The van der Waals surface area contributed by atoms with E-state index in [4.69, 9.17) is 0 Å². The lowest BCUT2D eigenvalue weighted by molar-refractivity contribution is 0.0583. The van der Waals surface area contributed by atoms with Crippen LogP contribution in [0.1, 0.15) is 25.7 Å². The molecule has 0 aliphatic heterocycles. The molecule has 1 heterocycles. The number of aromatic nitrogens is 1. The molecule has 0 aliphatic rings. The number of aryl methyl sites for hydroxylation is 1. The Bertz CT molecular complexity index is 1200. The minimum atomic E-state index is -4.21. The van der Waals surface area contributed by atoms with Gasteiger partial charge in [0.1, 0.15) is 4.90 Å². The van der Waals surface area contributed by atoms with Gasteiger partial charge in [0.05, 0.1) is 36.0 Å². The largest absolute Gasteiger partial charge is 0.465 e. The van der Waals surface area contributed by atoms with Gasteiger partial charge in [0.25, 0.3) is 10.0 Å². The lowest BCUT2D eigenvalue weighted by atomic mass is 10.1. The maximum Gasteiger partial charge on any atom is 0.339 e. The fraction of sp³-hybridized carbons (Fsp3) is 0.150. The van der Waals surface area contributed by atoms with E-state index in [-0.39, 0.29) is 16.8 Å². The molecule has 0 spiro atoms. The summed E-state index contributed by atoms with van der Waals surface area (Å²) in [6, 6.07) is 10.2. The van der Waals surface area contributed by atoms with E-state index in [0.717, 1.165) is 29.4 Å². The van der Waals surface area contributed by atoms with Gasteiger partial charge in [-0.15, -0.1) is 11.3 Å². The Balaban J connectivity index is 1.96. The number of benzene rings is 2. The molecule has 0 bridgehead atoms. The Labute approximate surface area is 177 Å². The number of methoxy groups -OCH3 is 2. The lowest BCUT2D eigenvalue weighted by Gasteiger charge is -2.13. The number of carbonyl (C=O) groups excluding carboxylic acids is 2. The highest BCUT2D eigenvalue weighted by Gasteiger charge is 2.25. The fourth-order valence-corrected chi connectivity index (χ4v) is 4.58. The van der Waals surface area contributed by atoms with Crippen molar-refractivity contribution in [2.24, 2.45) is 0 Å². The van der Waals surface area contributed by atoms with Gasteiger partial charge in [-0.3, -0.25) is 4.72 Å². The number of ether oxygens (including phenoxy) is 2. The summed E-state index contributed by atoms with van der Waals surface area (Å²) in [5, 5.41) is 2.84. The third-order valence-electron chi connectivity index (χ3n) is 4.15.